The molecule has 3 rings (SSSR count). The van der Waals surface area contributed by atoms with Gasteiger partial charge in [-0.1, -0.05) is 30.3 Å². The SMILES string of the molecule is O=C(N/N=C/c1ccc([N+](=O)[O-])cc1)C1CCN(C[C@@H](O)COCc2ccccc2)CC1. The second-order valence-electron chi connectivity index (χ2n) is 7.81. The van der Waals surface area contributed by atoms with Crippen molar-refractivity contribution in [3.8, 4) is 0 Å². The van der Waals surface area contributed by atoms with E-state index in [4.69, 9.17) is 4.74 Å². The van der Waals surface area contributed by atoms with Gasteiger partial charge in [0.05, 0.1) is 30.5 Å². The van der Waals surface area contributed by atoms with Crippen molar-refractivity contribution >= 4 is 17.8 Å². The van der Waals surface area contributed by atoms with E-state index in [2.05, 4.69) is 15.4 Å². The molecule has 32 heavy (non-hydrogen) atoms. The van der Waals surface area contributed by atoms with Gasteiger partial charge in [-0.3, -0.25) is 14.9 Å². The fraction of sp³-hybridized carbons (Fsp3) is 0.391. The summed E-state index contributed by atoms with van der Waals surface area (Å²) in [5.41, 5.74) is 4.28. The molecule has 2 N–H and O–H groups in total. The summed E-state index contributed by atoms with van der Waals surface area (Å²) in [5.74, 6) is -0.277. The average Bonchev–Trinajstić information content (AvgIpc) is 2.80. The standard InChI is InChI=1S/C23H28N4O5/c28-22(17-32-16-19-4-2-1-3-5-19)15-26-12-10-20(11-13-26)23(29)25-24-14-18-6-8-21(9-7-18)27(30)31/h1-9,14,20,22,28H,10-13,15-17H2,(H,25,29)/b24-14+/t22-/m1/s1. The van der Waals surface area contributed by atoms with Gasteiger partial charge in [0.15, 0.2) is 0 Å². The molecule has 1 heterocycles. The third-order valence-corrected chi connectivity index (χ3v) is 5.34. The molecule has 1 aliphatic rings. The number of nitrogens with one attached hydrogen (secondary N) is 1. The minimum atomic E-state index is -0.574. The van der Waals surface area contributed by atoms with Crippen LogP contribution < -0.4 is 5.43 Å². The predicted octanol–water partition coefficient (Wildman–Crippen LogP) is 2.33. The van der Waals surface area contributed by atoms with Crippen LogP contribution in [-0.4, -0.2) is 59.4 Å². The second kappa shape index (κ2) is 12.0. The van der Waals surface area contributed by atoms with Gasteiger partial charge in [0.2, 0.25) is 5.91 Å². The first-order valence-corrected chi connectivity index (χ1v) is 10.6. The Morgan fingerprint density at radius 1 is 1.22 bits per heavy atom. The number of likely N-dealkylation sites (tertiary alicyclic amines) is 1. The van der Waals surface area contributed by atoms with Crippen LogP contribution in [0.2, 0.25) is 0 Å². The number of β-amino-alcohol motifs (C(OH)–C–C–N with tert-alkyl or cyclic N) is 1. The molecule has 0 bridgehead atoms. The number of carbonyl (C=O) groups excluding carboxylic acids is 1. The monoisotopic (exact) mass is 440 g/mol. The summed E-state index contributed by atoms with van der Waals surface area (Å²) in [6.07, 6.45) is 2.27. The number of nitro benzene ring substituents is 1. The molecule has 0 spiro atoms. The van der Waals surface area contributed by atoms with Gasteiger partial charge in [-0.15, -0.1) is 0 Å². The van der Waals surface area contributed by atoms with Crippen LogP contribution in [-0.2, 0) is 16.1 Å². The summed E-state index contributed by atoms with van der Waals surface area (Å²) in [4.78, 5) is 24.7. The number of nitrogens with zero attached hydrogens (tertiary/aromatic N) is 3. The van der Waals surface area contributed by atoms with Gasteiger partial charge < -0.3 is 14.7 Å². The summed E-state index contributed by atoms with van der Waals surface area (Å²) < 4.78 is 5.59. The molecule has 1 aliphatic heterocycles. The van der Waals surface area contributed by atoms with Crippen LogP contribution in [0.4, 0.5) is 5.69 Å². The second-order valence-corrected chi connectivity index (χ2v) is 7.81. The Morgan fingerprint density at radius 2 is 1.91 bits per heavy atom. The van der Waals surface area contributed by atoms with Crippen LogP contribution in [0, 0.1) is 16.0 Å². The topological polar surface area (TPSA) is 117 Å². The molecule has 170 valence electrons. The lowest BCUT2D eigenvalue weighted by Crippen LogP contribution is -2.43. The quantitative estimate of drug-likeness (QED) is 0.333. The van der Waals surface area contributed by atoms with E-state index >= 15 is 0 Å². The third kappa shape index (κ3) is 7.52. The van der Waals surface area contributed by atoms with Crippen molar-refractivity contribution < 1.29 is 19.6 Å². The van der Waals surface area contributed by atoms with Gasteiger partial charge in [-0.25, -0.2) is 5.43 Å². The molecule has 1 amide bonds. The zero-order chi connectivity index (χ0) is 22.8. The Morgan fingerprint density at radius 3 is 2.56 bits per heavy atom. The van der Waals surface area contributed by atoms with Gasteiger partial charge in [-0.05, 0) is 49.2 Å². The predicted molar refractivity (Wildman–Crippen MR) is 120 cm³/mol. The number of benzene rings is 2. The van der Waals surface area contributed by atoms with Crippen LogP contribution >= 0.6 is 0 Å². The number of piperidine rings is 1. The fourth-order valence-electron chi connectivity index (χ4n) is 3.56. The Kier molecular flexibility index (Phi) is 8.85. The van der Waals surface area contributed by atoms with Gasteiger partial charge in [0.25, 0.3) is 5.69 Å². The number of aliphatic hydroxyl groups excluding tert-OH is 1. The molecule has 9 heteroatoms. The molecule has 2 aromatic rings. The summed E-state index contributed by atoms with van der Waals surface area (Å²) in [7, 11) is 0. The highest BCUT2D eigenvalue weighted by molar-refractivity contribution is 5.83. The van der Waals surface area contributed by atoms with E-state index in [9.17, 15) is 20.0 Å². The Balaban J connectivity index is 1.32. The minimum Gasteiger partial charge on any atom is -0.389 e. The third-order valence-electron chi connectivity index (χ3n) is 5.34. The maximum absolute atomic E-state index is 12.3. The normalized spacial score (nSPS) is 16.2. The van der Waals surface area contributed by atoms with E-state index in [1.54, 1.807) is 12.1 Å². The smallest absolute Gasteiger partial charge is 0.269 e. The summed E-state index contributed by atoms with van der Waals surface area (Å²) in [6.45, 7) is 2.70. The molecule has 1 fully saturated rings. The first kappa shape index (κ1) is 23.5. The largest absolute Gasteiger partial charge is 0.389 e. The minimum absolute atomic E-state index is 0.00539. The summed E-state index contributed by atoms with van der Waals surface area (Å²) in [5, 5.41) is 24.8. The Hall–Kier alpha value is -3.14. The van der Waals surface area contributed by atoms with Gasteiger partial charge in [0.1, 0.15) is 0 Å². The van der Waals surface area contributed by atoms with Crippen molar-refractivity contribution in [1.29, 1.82) is 0 Å². The molecule has 0 aliphatic carbocycles. The van der Waals surface area contributed by atoms with Gasteiger partial charge in [0, 0.05) is 24.6 Å². The summed E-state index contributed by atoms with van der Waals surface area (Å²) in [6, 6.07) is 15.7. The van der Waals surface area contributed by atoms with E-state index in [0.29, 0.717) is 31.6 Å². The highest BCUT2D eigenvalue weighted by Crippen LogP contribution is 2.18. The zero-order valence-electron chi connectivity index (χ0n) is 17.8. The van der Waals surface area contributed by atoms with E-state index in [1.807, 2.05) is 30.3 Å². The lowest BCUT2D eigenvalue weighted by molar-refractivity contribution is -0.384. The highest BCUT2D eigenvalue weighted by Gasteiger charge is 2.25. The van der Waals surface area contributed by atoms with Crippen molar-refractivity contribution in [2.45, 2.75) is 25.6 Å². The lowest BCUT2D eigenvalue weighted by Gasteiger charge is -2.32. The lowest BCUT2D eigenvalue weighted by atomic mass is 9.96. The Labute approximate surface area is 186 Å². The van der Waals surface area contributed by atoms with Crippen LogP contribution in [0.15, 0.2) is 59.7 Å². The molecule has 0 radical (unpaired) electrons. The van der Waals surface area contributed by atoms with E-state index in [1.165, 1.54) is 18.3 Å². The number of hydrogen-bond donors (Lipinski definition) is 2. The van der Waals surface area contributed by atoms with Crippen LogP contribution in [0.3, 0.4) is 0 Å². The van der Waals surface area contributed by atoms with Crippen molar-refractivity contribution in [2.24, 2.45) is 11.0 Å². The number of hydrazone groups is 1. The number of ether oxygens (including phenoxy) is 1. The molecule has 1 saturated heterocycles. The first-order valence-electron chi connectivity index (χ1n) is 10.6. The van der Waals surface area contributed by atoms with Crippen LogP contribution in [0.25, 0.3) is 0 Å². The zero-order valence-corrected chi connectivity index (χ0v) is 17.8. The number of non-ortho nitro benzene ring substituents is 1. The molecule has 9 nitrogen and oxygen atoms in total. The van der Waals surface area contributed by atoms with Crippen molar-refractivity contribution in [1.82, 2.24) is 10.3 Å². The molecule has 0 saturated carbocycles. The van der Waals surface area contributed by atoms with Gasteiger partial charge in [-0.2, -0.15) is 5.10 Å². The van der Waals surface area contributed by atoms with E-state index < -0.39 is 11.0 Å². The molecular weight excluding hydrogens is 412 g/mol. The van der Waals surface area contributed by atoms with Crippen LogP contribution in [0.1, 0.15) is 24.0 Å². The first-order chi connectivity index (χ1) is 15.5. The summed E-state index contributed by atoms with van der Waals surface area (Å²) >= 11 is 0. The van der Waals surface area contributed by atoms with Crippen molar-refractivity contribution in [3.05, 3.63) is 75.8 Å². The molecular formula is C23H28N4O5. The number of aliphatic hydroxyl groups is 1. The van der Waals surface area contributed by atoms with Crippen molar-refractivity contribution in [3.63, 3.8) is 0 Å². The number of nitro groups is 1. The highest BCUT2D eigenvalue weighted by atomic mass is 16.6. The maximum atomic E-state index is 12.3. The molecule has 1 atom stereocenters. The van der Waals surface area contributed by atoms with Gasteiger partial charge >= 0.3 is 0 Å². The number of amides is 1. The van der Waals surface area contributed by atoms with Crippen LogP contribution in [0.5, 0.6) is 0 Å². The average molecular weight is 441 g/mol. The molecule has 0 aromatic heterocycles. The fourth-order valence-corrected chi connectivity index (χ4v) is 3.56. The number of rotatable bonds is 10. The maximum Gasteiger partial charge on any atom is 0.269 e. The van der Waals surface area contributed by atoms with E-state index in [0.717, 1.165) is 18.7 Å². The molecule has 0 unspecified atom stereocenters. The molecule has 2 aromatic carbocycles. The van der Waals surface area contributed by atoms with Crippen molar-refractivity contribution in [2.75, 3.05) is 26.2 Å². The number of carbonyl (C=O) groups is 1. The number of hydrogen-bond acceptors (Lipinski definition) is 7. The van der Waals surface area contributed by atoms with E-state index in [-0.39, 0.29) is 24.1 Å². The Bertz CT molecular complexity index is 896.